The Morgan fingerprint density at radius 2 is 0.738 bits per heavy atom. The summed E-state index contributed by atoms with van der Waals surface area (Å²) in [7, 11) is 0. The molecule has 0 N–H and O–H groups in total. The Kier molecular flexibility index (Phi) is 25.2. The van der Waals surface area contributed by atoms with Crippen molar-refractivity contribution in [2.45, 2.75) is 196 Å². The largest absolute Gasteiger partial charge is 0.465 e. The molecule has 0 aliphatic heterocycles. The Morgan fingerprint density at radius 3 is 1.10 bits per heavy atom. The maximum absolute atomic E-state index is 12.5. The molecule has 0 saturated heterocycles. The maximum atomic E-state index is 12.5. The molecule has 5 heteroatoms. The van der Waals surface area contributed by atoms with Crippen LogP contribution in [0.25, 0.3) is 0 Å². The molecular weight excluding hydrogens is 524 g/mol. The van der Waals surface area contributed by atoms with Crippen molar-refractivity contribution in [3.05, 3.63) is 0 Å². The van der Waals surface area contributed by atoms with Crippen molar-refractivity contribution in [2.24, 2.45) is 10.8 Å². The lowest BCUT2D eigenvalue weighted by atomic mass is 9.86. The summed E-state index contributed by atoms with van der Waals surface area (Å²) in [6, 6.07) is 0. The molecule has 0 fully saturated rings. The van der Waals surface area contributed by atoms with E-state index >= 15 is 0 Å². The molecule has 0 amide bonds. The van der Waals surface area contributed by atoms with Gasteiger partial charge in [-0.3, -0.25) is 14.4 Å². The number of Topliss-reactive ketones (excluding diaryl/α,β-unsaturated/α-hetero) is 1. The van der Waals surface area contributed by atoms with Crippen LogP contribution in [0.3, 0.4) is 0 Å². The molecule has 0 aromatic heterocycles. The van der Waals surface area contributed by atoms with Crippen molar-refractivity contribution in [1.29, 1.82) is 0 Å². The Bertz CT molecular complexity index is 626. The summed E-state index contributed by atoms with van der Waals surface area (Å²) < 4.78 is 11.1. The van der Waals surface area contributed by atoms with Crippen molar-refractivity contribution >= 4 is 17.7 Å². The molecule has 0 unspecified atom stereocenters. The first-order valence-electron chi connectivity index (χ1n) is 17.9. The van der Waals surface area contributed by atoms with Gasteiger partial charge in [0, 0.05) is 12.8 Å². The van der Waals surface area contributed by atoms with Crippen LogP contribution in [-0.2, 0) is 23.9 Å². The number of ketones is 1. The van der Waals surface area contributed by atoms with E-state index in [1.807, 2.05) is 27.7 Å². The van der Waals surface area contributed by atoms with Crippen molar-refractivity contribution in [3.8, 4) is 0 Å². The minimum absolute atomic E-state index is 0.0887. The summed E-state index contributed by atoms with van der Waals surface area (Å²) in [5.41, 5.74) is -0.918. The zero-order chi connectivity index (χ0) is 31.5. The first-order valence-corrected chi connectivity index (χ1v) is 17.9. The smallest absolute Gasteiger partial charge is 0.311 e. The van der Waals surface area contributed by atoms with E-state index in [0.29, 0.717) is 31.8 Å². The monoisotopic (exact) mass is 595 g/mol. The van der Waals surface area contributed by atoms with Crippen molar-refractivity contribution in [1.82, 2.24) is 0 Å². The highest BCUT2D eigenvalue weighted by Crippen LogP contribution is 2.27. The van der Waals surface area contributed by atoms with Crippen LogP contribution in [0.15, 0.2) is 0 Å². The van der Waals surface area contributed by atoms with E-state index in [4.69, 9.17) is 9.47 Å². The first kappa shape index (κ1) is 40.6. The highest BCUT2D eigenvalue weighted by molar-refractivity contribution is 5.78. The van der Waals surface area contributed by atoms with Crippen LogP contribution in [0.2, 0.25) is 0 Å². The van der Waals surface area contributed by atoms with E-state index in [0.717, 1.165) is 77.0 Å². The number of hydrogen-bond donors (Lipinski definition) is 0. The van der Waals surface area contributed by atoms with Crippen LogP contribution < -0.4 is 0 Å². The van der Waals surface area contributed by atoms with Crippen molar-refractivity contribution in [2.75, 3.05) is 13.2 Å². The van der Waals surface area contributed by atoms with Crippen LogP contribution in [0, 0.1) is 10.8 Å². The molecule has 0 aromatic rings. The molecule has 0 bridgehead atoms. The van der Waals surface area contributed by atoms with Crippen LogP contribution in [0.5, 0.6) is 0 Å². The predicted molar refractivity (Wildman–Crippen MR) is 177 cm³/mol. The molecule has 5 nitrogen and oxygen atoms in total. The van der Waals surface area contributed by atoms with Gasteiger partial charge in [0.05, 0.1) is 24.0 Å². The van der Waals surface area contributed by atoms with Gasteiger partial charge in [0.2, 0.25) is 0 Å². The van der Waals surface area contributed by atoms with Gasteiger partial charge in [0.1, 0.15) is 5.78 Å². The summed E-state index contributed by atoms with van der Waals surface area (Å²) >= 11 is 0. The van der Waals surface area contributed by atoms with E-state index in [1.165, 1.54) is 64.2 Å². The molecule has 0 rings (SSSR count). The molecule has 0 aromatic carbocycles. The van der Waals surface area contributed by atoms with Gasteiger partial charge in [0.25, 0.3) is 0 Å². The number of unbranched alkanes of at least 4 members (excludes halogenated alkanes) is 16. The van der Waals surface area contributed by atoms with Gasteiger partial charge in [0.15, 0.2) is 0 Å². The fourth-order valence-electron chi connectivity index (χ4n) is 5.30. The topological polar surface area (TPSA) is 69.7 Å². The lowest BCUT2D eigenvalue weighted by Crippen LogP contribution is -2.27. The summed E-state index contributed by atoms with van der Waals surface area (Å²) in [6.45, 7) is 13.4. The second-order valence-corrected chi connectivity index (χ2v) is 13.9. The molecule has 0 saturated carbocycles. The van der Waals surface area contributed by atoms with Crippen LogP contribution >= 0.6 is 0 Å². The van der Waals surface area contributed by atoms with Crippen LogP contribution in [-0.4, -0.2) is 30.9 Å². The van der Waals surface area contributed by atoms with Gasteiger partial charge in [-0.2, -0.15) is 0 Å². The van der Waals surface area contributed by atoms with Crippen LogP contribution in [0.1, 0.15) is 196 Å². The number of hydrogen-bond acceptors (Lipinski definition) is 5. The lowest BCUT2D eigenvalue weighted by Gasteiger charge is -2.22. The quantitative estimate of drug-likeness (QED) is 0.0611. The van der Waals surface area contributed by atoms with E-state index in [9.17, 15) is 14.4 Å². The van der Waals surface area contributed by atoms with E-state index < -0.39 is 10.8 Å². The third-order valence-corrected chi connectivity index (χ3v) is 8.58. The molecule has 0 radical (unpaired) electrons. The first-order chi connectivity index (χ1) is 20.1. The highest BCUT2D eigenvalue weighted by atomic mass is 16.5. The molecule has 0 aliphatic rings. The molecule has 0 atom stereocenters. The van der Waals surface area contributed by atoms with Gasteiger partial charge >= 0.3 is 11.9 Å². The fourth-order valence-corrected chi connectivity index (χ4v) is 5.30. The van der Waals surface area contributed by atoms with Crippen LogP contribution in [0.4, 0.5) is 0 Å². The standard InChI is InChI=1S/C37H70O5/c1-7-9-11-13-15-17-25-31-41-34(39)36(3,4)29-23-19-21-27-33(38)28-22-20-24-30-37(5,6)35(40)42-32-26-18-16-14-12-10-8-2/h7-32H2,1-6H3. The number of esters is 2. The molecule has 0 spiro atoms. The summed E-state index contributed by atoms with van der Waals surface area (Å²) in [4.78, 5) is 37.3. The normalized spacial score (nSPS) is 12.0. The highest BCUT2D eigenvalue weighted by Gasteiger charge is 2.29. The zero-order valence-electron chi connectivity index (χ0n) is 28.9. The number of carbonyl (C=O) groups is 3. The van der Waals surface area contributed by atoms with E-state index in [1.54, 1.807) is 0 Å². The SMILES string of the molecule is CCCCCCCCCOC(=O)C(C)(C)CCCCCC(=O)CCCCCC(C)(C)C(=O)OCCCCCCCCC. The van der Waals surface area contributed by atoms with E-state index in [-0.39, 0.29) is 11.9 Å². The zero-order valence-corrected chi connectivity index (χ0v) is 28.9. The Labute approximate surface area is 261 Å². The Hall–Kier alpha value is -1.39. The second kappa shape index (κ2) is 26.1. The Balaban J connectivity index is 3.80. The van der Waals surface area contributed by atoms with Gasteiger partial charge < -0.3 is 9.47 Å². The van der Waals surface area contributed by atoms with Gasteiger partial charge in [-0.25, -0.2) is 0 Å². The molecular formula is C37H70O5. The third kappa shape index (κ3) is 23.1. The Morgan fingerprint density at radius 1 is 0.429 bits per heavy atom. The fraction of sp³-hybridized carbons (Fsp3) is 0.919. The average Bonchev–Trinajstić information content (AvgIpc) is 2.95. The van der Waals surface area contributed by atoms with Crippen molar-refractivity contribution in [3.63, 3.8) is 0 Å². The number of carbonyl (C=O) groups excluding carboxylic acids is 3. The second-order valence-electron chi connectivity index (χ2n) is 13.9. The van der Waals surface area contributed by atoms with Crippen molar-refractivity contribution < 1.29 is 23.9 Å². The van der Waals surface area contributed by atoms with Gasteiger partial charge in [-0.1, -0.05) is 117 Å². The summed E-state index contributed by atoms with van der Waals surface area (Å²) in [5.74, 6) is 0.153. The minimum Gasteiger partial charge on any atom is -0.465 e. The summed E-state index contributed by atoms with van der Waals surface area (Å²) in [5, 5.41) is 0. The minimum atomic E-state index is -0.459. The number of rotatable bonds is 30. The van der Waals surface area contributed by atoms with Gasteiger partial charge in [-0.15, -0.1) is 0 Å². The van der Waals surface area contributed by atoms with Gasteiger partial charge in [-0.05, 0) is 66.2 Å². The summed E-state index contributed by atoms with van der Waals surface area (Å²) in [6.07, 6.45) is 25.4. The molecule has 0 aliphatic carbocycles. The van der Waals surface area contributed by atoms with E-state index in [2.05, 4.69) is 13.8 Å². The molecule has 42 heavy (non-hydrogen) atoms. The average molecular weight is 595 g/mol. The number of ether oxygens (including phenoxy) is 2. The molecule has 0 heterocycles. The lowest BCUT2D eigenvalue weighted by molar-refractivity contribution is -0.155. The predicted octanol–water partition coefficient (Wildman–Crippen LogP) is 11.1. The molecule has 248 valence electrons. The third-order valence-electron chi connectivity index (χ3n) is 8.58. The maximum Gasteiger partial charge on any atom is 0.311 e.